The third-order valence-corrected chi connectivity index (χ3v) is 3.48. The SMILES string of the molecule is CCNC(C)CC(C)(C)c1c(Br)cnn1C. The van der Waals surface area contributed by atoms with Gasteiger partial charge in [-0.2, -0.15) is 5.10 Å². The summed E-state index contributed by atoms with van der Waals surface area (Å²) in [5, 5.41) is 7.74. The maximum Gasteiger partial charge on any atom is 0.0635 e. The van der Waals surface area contributed by atoms with E-state index >= 15 is 0 Å². The molecule has 0 aliphatic heterocycles. The second kappa shape index (κ2) is 5.32. The summed E-state index contributed by atoms with van der Waals surface area (Å²) >= 11 is 3.58. The molecule has 0 aliphatic carbocycles. The lowest BCUT2D eigenvalue weighted by molar-refractivity contribution is 0.373. The largest absolute Gasteiger partial charge is 0.314 e. The molecule has 0 saturated carbocycles. The van der Waals surface area contributed by atoms with Crippen LogP contribution in [-0.4, -0.2) is 22.4 Å². The lowest BCUT2D eigenvalue weighted by Crippen LogP contribution is -2.34. The minimum atomic E-state index is 0.117. The molecule has 0 spiro atoms. The van der Waals surface area contributed by atoms with Gasteiger partial charge >= 0.3 is 0 Å². The van der Waals surface area contributed by atoms with Gasteiger partial charge in [0, 0.05) is 18.5 Å². The molecule has 3 nitrogen and oxygen atoms in total. The summed E-state index contributed by atoms with van der Waals surface area (Å²) in [6.07, 6.45) is 2.97. The molecule has 0 aliphatic rings. The van der Waals surface area contributed by atoms with E-state index in [1.165, 1.54) is 5.69 Å². The molecule has 1 rings (SSSR count). The molecule has 0 saturated heterocycles. The van der Waals surface area contributed by atoms with Crippen LogP contribution in [-0.2, 0) is 12.5 Å². The summed E-state index contributed by atoms with van der Waals surface area (Å²) in [4.78, 5) is 0. The molecule has 1 aromatic rings. The fourth-order valence-electron chi connectivity index (χ4n) is 2.45. The van der Waals surface area contributed by atoms with E-state index in [0.717, 1.165) is 17.4 Å². The summed E-state index contributed by atoms with van der Waals surface area (Å²) in [6.45, 7) is 9.92. The molecule has 1 heterocycles. The number of hydrogen-bond acceptors (Lipinski definition) is 2. The van der Waals surface area contributed by atoms with Crippen LogP contribution in [0.2, 0.25) is 0 Å². The Morgan fingerprint density at radius 2 is 2.19 bits per heavy atom. The van der Waals surface area contributed by atoms with Crippen molar-refractivity contribution in [2.24, 2.45) is 7.05 Å². The van der Waals surface area contributed by atoms with Crippen LogP contribution in [0, 0.1) is 0 Å². The molecule has 1 N–H and O–H groups in total. The average molecular weight is 288 g/mol. The molecule has 1 unspecified atom stereocenters. The van der Waals surface area contributed by atoms with Gasteiger partial charge < -0.3 is 5.32 Å². The van der Waals surface area contributed by atoms with Crippen LogP contribution in [0.3, 0.4) is 0 Å². The molecule has 1 aromatic heterocycles. The van der Waals surface area contributed by atoms with E-state index in [0.29, 0.717) is 6.04 Å². The minimum absolute atomic E-state index is 0.117. The Hall–Kier alpha value is -0.350. The van der Waals surface area contributed by atoms with Gasteiger partial charge in [-0.25, -0.2) is 0 Å². The monoisotopic (exact) mass is 287 g/mol. The van der Waals surface area contributed by atoms with Gasteiger partial charge in [0.2, 0.25) is 0 Å². The van der Waals surface area contributed by atoms with E-state index < -0.39 is 0 Å². The highest BCUT2D eigenvalue weighted by molar-refractivity contribution is 9.10. The zero-order valence-corrected chi connectivity index (χ0v) is 12.4. The van der Waals surface area contributed by atoms with Gasteiger partial charge in [0.05, 0.1) is 16.4 Å². The van der Waals surface area contributed by atoms with Crippen LogP contribution in [0.15, 0.2) is 10.7 Å². The van der Waals surface area contributed by atoms with E-state index in [4.69, 9.17) is 0 Å². The Bertz CT molecular complexity index is 325. The summed E-state index contributed by atoms with van der Waals surface area (Å²) in [7, 11) is 2.00. The Labute approximate surface area is 107 Å². The Morgan fingerprint density at radius 1 is 1.56 bits per heavy atom. The van der Waals surface area contributed by atoms with Crippen molar-refractivity contribution in [1.82, 2.24) is 15.1 Å². The van der Waals surface area contributed by atoms with Gasteiger partial charge in [-0.15, -0.1) is 0 Å². The summed E-state index contributed by atoms with van der Waals surface area (Å²) in [5.74, 6) is 0. The lowest BCUT2D eigenvalue weighted by atomic mass is 9.83. The predicted octanol–water partition coefficient (Wildman–Crippen LogP) is 2.85. The van der Waals surface area contributed by atoms with E-state index in [1.54, 1.807) is 0 Å². The van der Waals surface area contributed by atoms with Crippen molar-refractivity contribution in [1.29, 1.82) is 0 Å². The number of halogens is 1. The molecule has 16 heavy (non-hydrogen) atoms. The molecule has 4 heteroatoms. The van der Waals surface area contributed by atoms with E-state index in [2.05, 4.69) is 54.0 Å². The van der Waals surface area contributed by atoms with Crippen LogP contribution in [0.1, 0.15) is 39.8 Å². The molecule has 1 atom stereocenters. The van der Waals surface area contributed by atoms with E-state index in [9.17, 15) is 0 Å². The molecular formula is C12H22BrN3. The standard InChI is InChI=1S/C12H22BrN3/c1-6-14-9(2)7-12(3,4)11-10(13)8-15-16(11)5/h8-9,14H,6-7H2,1-5H3. The van der Waals surface area contributed by atoms with Crippen molar-refractivity contribution >= 4 is 15.9 Å². The van der Waals surface area contributed by atoms with E-state index in [1.807, 2.05) is 17.9 Å². The van der Waals surface area contributed by atoms with Crippen LogP contribution in [0.5, 0.6) is 0 Å². The Kier molecular flexibility index (Phi) is 4.56. The summed E-state index contributed by atoms with van der Waals surface area (Å²) in [5.41, 5.74) is 1.38. The van der Waals surface area contributed by atoms with Crippen LogP contribution >= 0.6 is 15.9 Å². The summed E-state index contributed by atoms with van der Waals surface area (Å²) in [6, 6.07) is 0.516. The summed E-state index contributed by atoms with van der Waals surface area (Å²) < 4.78 is 3.06. The first kappa shape index (κ1) is 13.7. The molecule has 0 amide bonds. The first-order chi connectivity index (χ1) is 7.38. The normalized spacial score (nSPS) is 14.1. The number of aromatic nitrogens is 2. The van der Waals surface area contributed by atoms with Crippen molar-refractivity contribution in [3.8, 4) is 0 Å². The molecule has 0 aromatic carbocycles. The topological polar surface area (TPSA) is 29.9 Å². The number of nitrogens with zero attached hydrogens (tertiary/aromatic N) is 2. The second-order valence-electron chi connectivity index (χ2n) is 5.01. The van der Waals surface area contributed by atoms with Crippen LogP contribution in [0.25, 0.3) is 0 Å². The van der Waals surface area contributed by atoms with Gasteiger partial charge in [-0.3, -0.25) is 4.68 Å². The third-order valence-electron chi connectivity index (χ3n) is 2.90. The number of rotatable bonds is 5. The van der Waals surface area contributed by atoms with Gasteiger partial charge in [0.15, 0.2) is 0 Å². The fourth-order valence-corrected chi connectivity index (χ4v) is 3.34. The van der Waals surface area contributed by atoms with Crippen molar-refractivity contribution in [3.05, 3.63) is 16.4 Å². The Morgan fingerprint density at radius 3 is 2.62 bits per heavy atom. The molecule has 92 valence electrons. The first-order valence-corrected chi connectivity index (χ1v) is 6.59. The van der Waals surface area contributed by atoms with E-state index in [-0.39, 0.29) is 5.41 Å². The smallest absolute Gasteiger partial charge is 0.0635 e. The van der Waals surface area contributed by atoms with Crippen molar-refractivity contribution in [3.63, 3.8) is 0 Å². The van der Waals surface area contributed by atoms with Crippen LogP contribution in [0.4, 0.5) is 0 Å². The predicted molar refractivity (Wildman–Crippen MR) is 71.7 cm³/mol. The van der Waals surface area contributed by atoms with Gasteiger partial charge in [0.25, 0.3) is 0 Å². The van der Waals surface area contributed by atoms with Crippen LogP contribution < -0.4 is 5.32 Å². The highest BCUT2D eigenvalue weighted by Gasteiger charge is 2.28. The minimum Gasteiger partial charge on any atom is -0.314 e. The fraction of sp³-hybridized carbons (Fsp3) is 0.750. The van der Waals surface area contributed by atoms with Crippen molar-refractivity contribution < 1.29 is 0 Å². The number of hydrogen-bond donors (Lipinski definition) is 1. The second-order valence-corrected chi connectivity index (χ2v) is 5.87. The highest BCUT2D eigenvalue weighted by atomic mass is 79.9. The quantitative estimate of drug-likeness (QED) is 0.903. The zero-order chi connectivity index (χ0) is 12.3. The van der Waals surface area contributed by atoms with Crippen molar-refractivity contribution in [2.75, 3.05) is 6.54 Å². The number of nitrogens with one attached hydrogen (secondary N) is 1. The van der Waals surface area contributed by atoms with Gasteiger partial charge in [0.1, 0.15) is 0 Å². The van der Waals surface area contributed by atoms with Gasteiger partial charge in [-0.1, -0.05) is 20.8 Å². The first-order valence-electron chi connectivity index (χ1n) is 5.80. The maximum atomic E-state index is 4.29. The Balaban J connectivity index is 2.85. The van der Waals surface area contributed by atoms with Crippen molar-refractivity contribution in [2.45, 2.75) is 45.6 Å². The molecular weight excluding hydrogens is 266 g/mol. The van der Waals surface area contributed by atoms with Gasteiger partial charge in [-0.05, 0) is 35.8 Å². The lowest BCUT2D eigenvalue weighted by Gasteiger charge is -2.29. The highest BCUT2D eigenvalue weighted by Crippen LogP contribution is 2.33. The molecule has 0 radical (unpaired) electrons. The third kappa shape index (κ3) is 3.08. The maximum absolute atomic E-state index is 4.29. The zero-order valence-electron chi connectivity index (χ0n) is 10.8. The average Bonchev–Trinajstić information content (AvgIpc) is 2.45. The molecule has 0 bridgehead atoms. The molecule has 0 fully saturated rings. The number of aryl methyl sites for hydroxylation is 1.